The number of hydrogen-bond acceptors (Lipinski definition) is 5. The molecule has 1 aliphatic heterocycles. The topological polar surface area (TPSA) is 81.3 Å². The van der Waals surface area contributed by atoms with Crippen LogP contribution in [0.5, 0.6) is 11.5 Å². The summed E-state index contributed by atoms with van der Waals surface area (Å²) in [5.41, 5.74) is 8.41. The van der Waals surface area contributed by atoms with Gasteiger partial charge in [-0.15, -0.1) is 24.0 Å². The highest BCUT2D eigenvalue weighted by atomic mass is 127. The summed E-state index contributed by atoms with van der Waals surface area (Å²) in [6.45, 7) is 4.39. The number of ether oxygens (including phenoxy) is 3. The molecule has 1 saturated heterocycles. The quantitative estimate of drug-likeness (QED) is 0.271. The van der Waals surface area contributed by atoms with Gasteiger partial charge in [-0.2, -0.15) is 0 Å². The van der Waals surface area contributed by atoms with Crippen molar-refractivity contribution in [2.24, 2.45) is 10.7 Å². The van der Waals surface area contributed by atoms with E-state index in [4.69, 9.17) is 31.5 Å². The molecule has 0 aliphatic carbocycles. The minimum atomic E-state index is 0. The van der Waals surface area contributed by atoms with E-state index in [0.717, 1.165) is 60.4 Å². The summed E-state index contributed by atoms with van der Waals surface area (Å²) < 4.78 is 16.1. The molecule has 32 heavy (non-hydrogen) atoms. The molecule has 9 heteroatoms. The standard InChI is InChI=1S/C23H31ClN4O3.HI/c1-29-21-7-6-17(14-22(21)30-2)8-9-26-23(25)27-16-20(28-10-12-31-13-11-28)18-4-3-5-19(24)15-18;/h3-7,14-15,20H,8-13,16H2,1-2H3,(H3,25,26,27);1H. The van der Waals surface area contributed by atoms with Crippen LogP contribution >= 0.6 is 35.6 Å². The first-order chi connectivity index (χ1) is 15.1. The monoisotopic (exact) mass is 574 g/mol. The average molecular weight is 575 g/mol. The normalized spacial score (nSPS) is 15.5. The van der Waals surface area contributed by atoms with Gasteiger partial charge in [-0.05, 0) is 41.8 Å². The van der Waals surface area contributed by atoms with E-state index in [0.29, 0.717) is 19.0 Å². The molecule has 176 valence electrons. The van der Waals surface area contributed by atoms with Gasteiger partial charge in [0.1, 0.15) is 0 Å². The van der Waals surface area contributed by atoms with Crippen molar-refractivity contribution in [3.63, 3.8) is 0 Å². The third-order valence-electron chi connectivity index (χ3n) is 5.32. The lowest BCUT2D eigenvalue weighted by molar-refractivity contribution is 0.0180. The van der Waals surface area contributed by atoms with Crippen LogP contribution in [-0.2, 0) is 11.2 Å². The zero-order valence-corrected chi connectivity index (χ0v) is 21.6. The maximum atomic E-state index is 6.23. The molecule has 1 atom stereocenters. The molecule has 3 N–H and O–H groups in total. The van der Waals surface area contributed by atoms with Crippen LogP contribution < -0.4 is 20.5 Å². The van der Waals surface area contributed by atoms with Crippen molar-refractivity contribution in [2.75, 3.05) is 53.6 Å². The third-order valence-corrected chi connectivity index (χ3v) is 5.56. The fraction of sp³-hybridized carbons (Fsp3) is 0.435. The molecular formula is C23H32ClIN4O3. The average Bonchev–Trinajstić information content (AvgIpc) is 2.80. The molecule has 0 bridgehead atoms. The Morgan fingerprint density at radius 3 is 2.59 bits per heavy atom. The fourth-order valence-electron chi connectivity index (χ4n) is 3.65. The van der Waals surface area contributed by atoms with E-state index in [1.807, 2.05) is 36.4 Å². The van der Waals surface area contributed by atoms with Crippen molar-refractivity contribution in [1.82, 2.24) is 10.2 Å². The number of halogens is 2. The van der Waals surface area contributed by atoms with Crippen LogP contribution in [0, 0.1) is 0 Å². The number of nitrogens with two attached hydrogens (primary N) is 1. The second-order valence-corrected chi connectivity index (χ2v) is 7.75. The summed E-state index contributed by atoms with van der Waals surface area (Å²) in [7, 11) is 3.26. The Morgan fingerprint density at radius 1 is 1.16 bits per heavy atom. The number of aliphatic imine (C=N–C) groups is 1. The molecule has 0 spiro atoms. The van der Waals surface area contributed by atoms with Gasteiger partial charge >= 0.3 is 0 Å². The highest BCUT2D eigenvalue weighted by Gasteiger charge is 2.22. The van der Waals surface area contributed by atoms with Crippen LogP contribution in [0.3, 0.4) is 0 Å². The van der Waals surface area contributed by atoms with Gasteiger partial charge in [0, 0.05) is 24.7 Å². The Labute approximate surface area is 212 Å². The van der Waals surface area contributed by atoms with Crippen molar-refractivity contribution in [1.29, 1.82) is 0 Å². The first-order valence-electron chi connectivity index (χ1n) is 10.4. The van der Waals surface area contributed by atoms with Crippen LogP contribution in [0.15, 0.2) is 47.5 Å². The summed E-state index contributed by atoms with van der Waals surface area (Å²) in [5, 5.41) is 3.93. The Kier molecular flexibility index (Phi) is 11.4. The highest BCUT2D eigenvalue weighted by molar-refractivity contribution is 14.0. The number of methoxy groups -OCH3 is 2. The molecule has 1 aliphatic rings. The van der Waals surface area contributed by atoms with E-state index in [2.05, 4.69) is 21.3 Å². The number of morpholine rings is 1. The minimum absolute atomic E-state index is 0. The van der Waals surface area contributed by atoms with Gasteiger partial charge in [0.25, 0.3) is 0 Å². The second-order valence-electron chi connectivity index (χ2n) is 7.31. The van der Waals surface area contributed by atoms with Gasteiger partial charge in [0.15, 0.2) is 17.5 Å². The Balaban J connectivity index is 0.00000363. The van der Waals surface area contributed by atoms with Gasteiger partial charge < -0.3 is 25.3 Å². The molecule has 0 aromatic heterocycles. The largest absolute Gasteiger partial charge is 0.493 e. The van der Waals surface area contributed by atoms with Crippen LogP contribution in [0.2, 0.25) is 5.02 Å². The lowest BCUT2D eigenvalue weighted by atomic mass is 10.0. The van der Waals surface area contributed by atoms with E-state index in [1.54, 1.807) is 14.2 Å². The first kappa shape index (κ1) is 26.5. The van der Waals surface area contributed by atoms with Crippen LogP contribution in [0.25, 0.3) is 0 Å². The summed E-state index contributed by atoms with van der Waals surface area (Å²) in [4.78, 5) is 6.98. The van der Waals surface area contributed by atoms with Crippen molar-refractivity contribution < 1.29 is 14.2 Å². The number of hydrogen-bond donors (Lipinski definition) is 2. The van der Waals surface area contributed by atoms with Gasteiger partial charge in [-0.3, -0.25) is 9.89 Å². The third kappa shape index (κ3) is 7.68. The molecule has 0 radical (unpaired) electrons. The van der Waals surface area contributed by atoms with Crippen LogP contribution in [0.1, 0.15) is 17.2 Å². The smallest absolute Gasteiger partial charge is 0.188 e. The predicted octanol–water partition coefficient (Wildman–Crippen LogP) is 3.50. The molecule has 1 heterocycles. The Bertz CT molecular complexity index is 878. The van der Waals surface area contributed by atoms with E-state index in [9.17, 15) is 0 Å². The zero-order chi connectivity index (χ0) is 22.1. The number of rotatable bonds is 9. The van der Waals surface area contributed by atoms with Crippen LogP contribution in [-0.4, -0.2) is 64.5 Å². The molecule has 0 amide bonds. The zero-order valence-electron chi connectivity index (χ0n) is 18.6. The SMILES string of the molecule is COc1ccc(CCNC(N)=NCC(c2cccc(Cl)c2)N2CCOCC2)cc1OC.I. The molecule has 3 rings (SSSR count). The Hall–Kier alpha value is -1.75. The van der Waals surface area contributed by atoms with Crippen molar-refractivity contribution >= 4 is 41.5 Å². The lowest BCUT2D eigenvalue weighted by Crippen LogP contribution is -2.41. The van der Waals surface area contributed by atoms with Gasteiger partial charge in [-0.25, -0.2) is 0 Å². The predicted molar refractivity (Wildman–Crippen MR) is 140 cm³/mol. The van der Waals surface area contributed by atoms with E-state index >= 15 is 0 Å². The van der Waals surface area contributed by atoms with Crippen LogP contribution in [0.4, 0.5) is 0 Å². The molecule has 1 fully saturated rings. The van der Waals surface area contributed by atoms with E-state index in [1.165, 1.54) is 0 Å². The summed E-state index contributed by atoms with van der Waals surface area (Å²) in [6, 6.07) is 13.9. The molecule has 2 aromatic rings. The first-order valence-corrected chi connectivity index (χ1v) is 10.8. The van der Waals surface area contributed by atoms with Gasteiger partial charge in [-0.1, -0.05) is 29.8 Å². The summed E-state index contributed by atoms with van der Waals surface area (Å²) in [6.07, 6.45) is 0.789. The minimum Gasteiger partial charge on any atom is -0.493 e. The van der Waals surface area contributed by atoms with Crippen molar-refractivity contribution in [3.05, 3.63) is 58.6 Å². The maximum absolute atomic E-state index is 6.23. The van der Waals surface area contributed by atoms with E-state index < -0.39 is 0 Å². The summed E-state index contributed by atoms with van der Waals surface area (Å²) >= 11 is 6.23. The molecule has 2 aromatic carbocycles. The van der Waals surface area contributed by atoms with Gasteiger partial charge in [0.2, 0.25) is 0 Å². The lowest BCUT2D eigenvalue weighted by Gasteiger charge is -2.34. The van der Waals surface area contributed by atoms with Crippen molar-refractivity contribution in [3.8, 4) is 11.5 Å². The second kappa shape index (κ2) is 13.7. The number of nitrogens with one attached hydrogen (secondary N) is 1. The molecule has 0 saturated carbocycles. The fourth-order valence-corrected chi connectivity index (χ4v) is 3.85. The number of guanidine groups is 1. The molecule has 1 unspecified atom stereocenters. The Morgan fingerprint density at radius 2 is 1.91 bits per heavy atom. The maximum Gasteiger partial charge on any atom is 0.188 e. The number of nitrogens with zero attached hydrogens (tertiary/aromatic N) is 2. The van der Waals surface area contributed by atoms with Crippen molar-refractivity contribution in [2.45, 2.75) is 12.5 Å². The molecule has 7 nitrogen and oxygen atoms in total. The highest BCUT2D eigenvalue weighted by Crippen LogP contribution is 2.27. The van der Waals surface area contributed by atoms with E-state index in [-0.39, 0.29) is 30.0 Å². The van der Waals surface area contributed by atoms with Gasteiger partial charge in [0.05, 0.1) is 40.0 Å². The summed E-state index contributed by atoms with van der Waals surface area (Å²) in [5.74, 6) is 1.87. The number of benzene rings is 2. The molecular weight excluding hydrogens is 543 g/mol.